The predicted molar refractivity (Wildman–Crippen MR) is 40.5 cm³/mol. The topological polar surface area (TPSA) is 38.7 Å². The van der Waals surface area contributed by atoms with Gasteiger partial charge in [-0.3, -0.25) is 9.79 Å². The van der Waals surface area contributed by atoms with Crippen molar-refractivity contribution in [3.63, 3.8) is 0 Å². The molecule has 3 nitrogen and oxygen atoms in total. The molecule has 3 heteroatoms. The number of carbonyl (C=O) groups is 1. The third-order valence-corrected chi connectivity index (χ3v) is 1.12. The molecule has 0 spiro atoms. The van der Waals surface area contributed by atoms with Crippen LogP contribution in [0.1, 0.15) is 13.8 Å². The molecule has 0 saturated heterocycles. The second-order valence-electron chi connectivity index (χ2n) is 1.99. The summed E-state index contributed by atoms with van der Waals surface area (Å²) in [7, 11) is 1.56. The fourth-order valence-corrected chi connectivity index (χ4v) is 0.603. The minimum absolute atomic E-state index is 0.0416. The van der Waals surface area contributed by atoms with Crippen LogP contribution in [0.15, 0.2) is 4.99 Å². The molecule has 1 atom stereocenters. The molecular weight excluding hydrogens is 130 g/mol. The lowest BCUT2D eigenvalue weighted by molar-refractivity contribution is -0.119. The van der Waals surface area contributed by atoms with Gasteiger partial charge in [0.25, 0.3) is 0 Å². The van der Waals surface area contributed by atoms with E-state index in [9.17, 15) is 4.79 Å². The number of ketones is 1. The molecule has 0 radical (unpaired) electrons. The van der Waals surface area contributed by atoms with Crippen molar-refractivity contribution in [3.05, 3.63) is 0 Å². The molecule has 0 aromatic carbocycles. The molecule has 0 aromatic rings. The summed E-state index contributed by atoms with van der Waals surface area (Å²) >= 11 is 0. The lowest BCUT2D eigenvalue weighted by Gasteiger charge is -2.05. The molecule has 58 valence electrons. The van der Waals surface area contributed by atoms with Crippen molar-refractivity contribution in [2.24, 2.45) is 4.99 Å². The molecule has 1 unspecified atom stereocenters. The van der Waals surface area contributed by atoms with Crippen molar-refractivity contribution < 1.29 is 9.53 Å². The Morgan fingerprint density at radius 2 is 2.40 bits per heavy atom. The van der Waals surface area contributed by atoms with E-state index in [0.717, 1.165) is 0 Å². The van der Waals surface area contributed by atoms with E-state index in [-0.39, 0.29) is 11.8 Å². The Morgan fingerprint density at radius 1 is 1.80 bits per heavy atom. The maximum atomic E-state index is 10.7. The zero-order chi connectivity index (χ0) is 7.98. The van der Waals surface area contributed by atoms with Crippen LogP contribution in [0.3, 0.4) is 0 Å². The predicted octanol–water partition coefficient (Wildman–Crippen LogP) is 0.681. The molecule has 0 rings (SSSR count). The van der Waals surface area contributed by atoms with Crippen LogP contribution >= 0.6 is 0 Å². The monoisotopic (exact) mass is 143 g/mol. The summed E-state index contributed by atoms with van der Waals surface area (Å²) in [6.07, 6.45) is 1.62. The minimum atomic E-state index is -0.310. The molecule has 0 aromatic heterocycles. The van der Waals surface area contributed by atoms with E-state index in [0.29, 0.717) is 6.61 Å². The normalized spacial score (nSPS) is 13.9. The Balaban J connectivity index is 3.85. The summed E-state index contributed by atoms with van der Waals surface area (Å²) in [6.45, 7) is 3.67. The third kappa shape index (κ3) is 3.35. The smallest absolute Gasteiger partial charge is 0.156 e. The van der Waals surface area contributed by atoms with Gasteiger partial charge in [0.2, 0.25) is 0 Å². The van der Waals surface area contributed by atoms with Crippen LogP contribution in [0, 0.1) is 0 Å². The van der Waals surface area contributed by atoms with Crippen LogP contribution < -0.4 is 0 Å². The molecule has 0 aliphatic heterocycles. The van der Waals surface area contributed by atoms with Gasteiger partial charge in [0, 0.05) is 7.11 Å². The zero-order valence-electron chi connectivity index (χ0n) is 6.63. The lowest BCUT2D eigenvalue weighted by Crippen LogP contribution is -2.20. The summed E-state index contributed by atoms with van der Waals surface area (Å²) in [5, 5.41) is 0. The van der Waals surface area contributed by atoms with Crippen molar-refractivity contribution in [3.8, 4) is 0 Å². The first kappa shape index (κ1) is 9.30. The third-order valence-electron chi connectivity index (χ3n) is 1.12. The summed E-state index contributed by atoms with van der Waals surface area (Å²) in [4.78, 5) is 14.6. The summed E-state index contributed by atoms with van der Waals surface area (Å²) in [6, 6.07) is -0.310. The average molecular weight is 143 g/mol. The fourth-order valence-electron chi connectivity index (χ4n) is 0.603. The largest absolute Gasteiger partial charge is 0.382 e. The molecule has 0 aliphatic carbocycles. The van der Waals surface area contributed by atoms with Crippen molar-refractivity contribution in [2.75, 3.05) is 13.7 Å². The Kier molecular flexibility index (Phi) is 4.76. The number of hydrogen-bond donors (Lipinski definition) is 0. The number of aliphatic imine (C=N–C) groups is 1. The van der Waals surface area contributed by atoms with Gasteiger partial charge in [-0.1, -0.05) is 0 Å². The van der Waals surface area contributed by atoms with Gasteiger partial charge >= 0.3 is 0 Å². The van der Waals surface area contributed by atoms with E-state index in [4.69, 9.17) is 4.74 Å². The van der Waals surface area contributed by atoms with E-state index in [1.807, 2.05) is 0 Å². The number of hydrogen-bond acceptors (Lipinski definition) is 3. The summed E-state index contributed by atoms with van der Waals surface area (Å²) in [5.74, 6) is 0.0416. The Morgan fingerprint density at radius 3 is 2.70 bits per heavy atom. The molecule has 0 saturated carbocycles. The number of carbonyl (C=O) groups excluding carboxylic acids is 1. The van der Waals surface area contributed by atoms with Gasteiger partial charge in [-0.2, -0.15) is 0 Å². The highest BCUT2D eigenvalue weighted by atomic mass is 16.5. The molecule has 0 aliphatic rings. The van der Waals surface area contributed by atoms with E-state index in [1.165, 1.54) is 6.92 Å². The number of nitrogens with zero attached hydrogens (tertiary/aromatic N) is 1. The average Bonchev–Trinajstić information content (AvgIpc) is 1.87. The quantitative estimate of drug-likeness (QED) is 0.543. The second kappa shape index (κ2) is 5.11. The van der Waals surface area contributed by atoms with Gasteiger partial charge in [-0.05, 0) is 20.1 Å². The van der Waals surface area contributed by atoms with Gasteiger partial charge < -0.3 is 4.74 Å². The highest BCUT2D eigenvalue weighted by molar-refractivity contribution is 5.83. The summed E-state index contributed by atoms with van der Waals surface area (Å²) < 4.78 is 4.78. The maximum Gasteiger partial charge on any atom is 0.156 e. The standard InChI is InChI=1S/C7H13NO2/c1-4-8-7(5-10-3)6(2)9/h4,7H,5H2,1-3H3. The van der Waals surface area contributed by atoms with Gasteiger partial charge in [-0.25, -0.2) is 0 Å². The molecule has 0 bridgehead atoms. The Labute approximate surface area is 61.1 Å². The highest BCUT2D eigenvalue weighted by Crippen LogP contribution is 1.92. The van der Waals surface area contributed by atoms with Crippen LogP contribution in [0.4, 0.5) is 0 Å². The molecule has 10 heavy (non-hydrogen) atoms. The van der Waals surface area contributed by atoms with Crippen LogP contribution in [0.25, 0.3) is 0 Å². The minimum Gasteiger partial charge on any atom is -0.382 e. The van der Waals surface area contributed by atoms with Crippen LogP contribution in [0.5, 0.6) is 0 Å². The molecule has 0 N–H and O–H groups in total. The van der Waals surface area contributed by atoms with E-state index in [2.05, 4.69) is 4.99 Å². The summed E-state index contributed by atoms with van der Waals surface area (Å²) in [5.41, 5.74) is 0. The van der Waals surface area contributed by atoms with Crippen molar-refractivity contribution >= 4 is 12.0 Å². The first-order chi connectivity index (χ1) is 4.72. The van der Waals surface area contributed by atoms with Crippen LogP contribution in [-0.4, -0.2) is 31.8 Å². The zero-order valence-corrected chi connectivity index (χ0v) is 6.63. The fraction of sp³-hybridized carbons (Fsp3) is 0.714. The SMILES string of the molecule is CC=NC(COC)C(C)=O. The first-order valence-electron chi connectivity index (χ1n) is 3.19. The number of ether oxygens (including phenoxy) is 1. The lowest BCUT2D eigenvalue weighted by atomic mass is 10.2. The molecule has 0 amide bonds. The van der Waals surface area contributed by atoms with Gasteiger partial charge in [0.15, 0.2) is 5.78 Å². The first-order valence-corrected chi connectivity index (χ1v) is 3.19. The Hall–Kier alpha value is -0.700. The van der Waals surface area contributed by atoms with Crippen molar-refractivity contribution in [1.29, 1.82) is 0 Å². The second-order valence-corrected chi connectivity index (χ2v) is 1.99. The van der Waals surface area contributed by atoms with Gasteiger partial charge in [0.1, 0.15) is 6.04 Å². The van der Waals surface area contributed by atoms with E-state index < -0.39 is 0 Å². The highest BCUT2D eigenvalue weighted by Gasteiger charge is 2.09. The van der Waals surface area contributed by atoms with Crippen LogP contribution in [-0.2, 0) is 9.53 Å². The Bertz CT molecular complexity index is 132. The molecule has 0 heterocycles. The van der Waals surface area contributed by atoms with Crippen LogP contribution in [0.2, 0.25) is 0 Å². The maximum absolute atomic E-state index is 10.7. The number of rotatable bonds is 4. The number of Topliss-reactive ketones (excluding diaryl/α,β-unsaturated/α-hetero) is 1. The van der Waals surface area contributed by atoms with Gasteiger partial charge in [-0.15, -0.1) is 0 Å². The van der Waals surface area contributed by atoms with Crippen molar-refractivity contribution in [1.82, 2.24) is 0 Å². The van der Waals surface area contributed by atoms with E-state index in [1.54, 1.807) is 20.2 Å². The molecular formula is C7H13NO2. The van der Waals surface area contributed by atoms with E-state index >= 15 is 0 Å². The molecule has 0 fully saturated rings. The van der Waals surface area contributed by atoms with Gasteiger partial charge in [0.05, 0.1) is 6.61 Å². The van der Waals surface area contributed by atoms with Crippen molar-refractivity contribution in [2.45, 2.75) is 19.9 Å². The number of methoxy groups -OCH3 is 1.